The molecule has 0 radical (unpaired) electrons. The van der Waals surface area contributed by atoms with Crippen LogP contribution in [-0.2, 0) is 9.59 Å². The topological polar surface area (TPSA) is 71.1 Å². The van der Waals surface area contributed by atoms with Crippen molar-refractivity contribution in [1.29, 1.82) is 0 Å². The van der Waals surface area contributed by atoms with E-state index in [4.69, 9.17) is 0 Å². The number of thiazole rings is 1. The first-order valence-electron chi connectivity index (χ1n) is 8.55. The van der Waals surface area contributed by atoms with Crippen LogP contribution in [0.15, 0.2) is 41.3 Å². The number of hydrogen-bond donors (Lipinski definition) is 2. The summed E-state index contributed by atoms with van der Waals surface area (Å²) in [4.78, 5) is 29.1. The van der Waals surface area contributed by atoms with Crippen LogP contribution in [0.25, 0.3) is 10.2 Å². The van der Waals surface area contributed by atoms with Crippen molar-refractivity contribution in [3.05, 3.63) is 47.5 Å². The zero-order chi connectivity index (χ0) is 19.6. The minimum Gasteiger partial charge on any atom is -0.326 e. The molecule has 1 aromatic heterocycles. The van der Waals surface area contributed by atoms with Crippen LogP contribution >= 0.6 is 23.1 Å². The van der Waals surface area contributed by atoms with Crippen molar-refractivity contribution in [1.82, 2.24) is 4.98 Å². The summed E-state index contributed by atoms with van der Waals surface area (Å²) >= 11 is 2.96. The van der Waals surface area contributed by atoms with Gasteiger partial charge in [-0.25, -0.2) is 4.98 Å². The number of anilines is 2. The molecule has 7 heteroatoms. The summed E-state index contributed by atoms with van der Waals surface area (Å²) < 4.78 is 1.08. The van der Waals surface area contributed by atoms with Gasteiger partial charge in [0.2, 0.25) is 11.8 Å². The highest BCUT2D eigenvalue weighted by molar-refractivity contribution is 8.00. The molecule has 0 saturated carbocycles. The smallest absolute Gasteiger partial charge is 0.239 e. The molecule has 0 saturated heterocycles. The summed E-state index contributed by atoms with van der Waals surface area (Å²) in [5.74, 6) is -0.191. The number of rotatable bonds is 5. The van der Waals surface area contributed by atoms with Crippen LogP contribution in [0.3, 0.4) is 0 Å². The summed E-state index contributed by atoms with van der Waals surface area (Å²) in [6, 6.07) is 11.6. The number of fused-ring (bicyclic) bond motifs is 1. The van der Waals surface area contributed by atoms with Gasteiger partial charge in [0.25, 0.3) is 0 Å². The van der Waals surface area contributed by atoms with Gasteiger partial charge in [-0.15, -0.1) is 11.8 Å². The number of aryl methyl sites for hydroxylation is 2. The number of thioether (sulfide) groups is 1. The Morgan fingerprint density at radius 3 is 2.48 bits per heavy atom. The second kappa shape index (κ2) is 8.10. The lowest BCUT2D eigenvalue weighted by Gasteiger charge is -2.11. The zero-order valence-electron chi connectivity index (χ0n) is 15.6. The third kappa shape index (κ3) is 4.87. The van der Waals surface area contributed by atoms with Crippen LogP contribution in [0.1, 0.15) is 25.0 Å². The lowest BCUT2D eigenvalue weighted by atomic mass is 10.1. The molecule has 0 fully saturated rings. The Morgan fingerprint density at radius 2 is 1.81 bits per heavy atom. The summed E-state index contributed by atoms with van der Waals surface area (Å²) in [6.07, 6.45) is 0. The number of hydrogen-bond acceptors (Lipinski definition) is 5. The molecule has 3 aromatic rings. The van der Waals surface area contributed by atoms with E-state index in [-0.39, 0.29) is 17.1 Å². The van der Waals surface area contributed by atoms with Gasteiger partial charge < -0.3 is 10.6 Å². The van der Waals surface area contributed by atoms with E-state index in [2.05, 4.69) is 34.7 Å². The van der Waals surface area contributed by atoms with Crippen molar-refractivity contribution in [2.75, 3.05) is 10.6 Å². The Labute approximate surface area is 166 Å². The molecule has 3 rings (SSSR count). The fourth-order valence-electron chi connectivity index (χ4n) is 2.71. The van der Waals surface area contributed by atoms with Crippen LogP contribution in [0.2, 0.25) is 0 Å². The molecule has 2 amide bonds. The molecule has 1 heterocycles. The molecule has 5 nitrogen and oxygen atoms in total. The van der Waals surface area contributed by atoms with Gasteiger partial charge in [-0.05, 0) is 62.2 Å². The third-order valence-corrected chi connectivity index (χ3v) is 5.95. The quantitative estimate of drug-likeness (QED) is 0.593. The van der Waals surface area contributed by atoms with Crippen molar-refractivity contribution in [2.24, 2.45) is 0 Å². The molecule has 1 atom stereocenters. The molecule has 2 N–H and O–H groups in total. The normalized spacial score (nSPS) is 12.0. The first-order chi connectivity index (χ1) is 12.8. The Bertz CT molecular complexity index is 996. The van der Waals surface area contributed by atoms with Gasteiger partial charge in [0.1, 0.15) is 0 Å². The van der Waals surface area contributed by atoms with Crippen LogP contribution in [0, 0.1) is 13.8 Å². The van der Waals surface area contributed by atoms with E-state index in [1.165, 1.54) is 35.6 Å². The molecule has 1 unspecified atom stereocenters. The van der Waals surface area contributed by atoms with E-state index in [0.29, 0.717) is 5.13 Å². The average Bonchev–Trinajstić information content (AvgIpc) is 2.98. The average molecular weight is 400 g/mol. The monoisotopic (exact) mass is 399 g/mol. The van der Waals surface area contributed by atoms with Crippen molar-refractivity contribution in [3.8, 4) is 0 Å². The van der Waals surface area contributed by atoms with Crippen molar-refractivity contribution in [3.63, 3.8) is 0 Å². The Balaban J connectivity index is 1.65. The minimum atomic E-state index is -0.272. The standard InChI is InChI=1S/C20H21N3O2S2/c1-11-9-12(2)18-17(10-11)27-20(22-18)23-19(25)13(3)26-16-7-5-15(6-8-16)21-14(4)24/h5-10,13H,1-4H3,(H,21,24)(H,22,23,25). The molecule has 140 valence electrons. The summed E-state index contributed by atoms with van der Waals surface area (Å²) in [5, 5.41) is 6.00. The van der Waals surface area contributed by atoms with Crippen LogP contribution < -0.4 is 10.6 Å². The van der Waals surface area contributed by atoms with Crippen LogP contribution in [-0.4, -0.2) is 22.0 Å². The van der Waals surface area contributed by atoms with Crippen LogP contribution in [0.4, 0.5) is 10.8 Å². The first kappa shape index (κ1) is 19.4. The second-order valence-corrected chi connectivity index (χ2v) is 8.85. The predicted octanol–water partition coefficient (Wildman–Crippen LogP) is 4.99. The van der Waals surface area contributed by atoms with Gasteiger partial charge >= 0.3 is 0 Å². The fraction of sp³-hybridized carbons (Fsp3) is 0.250. The molecule has 27 heavy (non-hydrogen) atoms. The van der Waals surface area contributed by atoms with Gasteiger partial charge in [-0.2, -0.15) is 0 Å². The summed E-state index contributed by atoms with van der Waals surface area (Å²) in [5.41, 5.74) is 3.98. The van der Waals surface area contributed by atoms with Gasteiger partial charge in [0, 0.05) is 17.5 Å². The number of nitrogens with zero attached hydrogens (tertiary/aromatic N) is 1. The zero-order valence-corrected chi connectivity index (χ0v) is 17.3. The minimum absolute atomic E-state index is 0.0839. The molecule has 0 spiro atoms. The SMILES string of the molecule is CC(=O)Nc1ccc(SC(C)C(=O)Nc2nc3c(C)cc(C)cc3s2)cc1. The maximum atomic E-state index is 12.5. The van der Waals surface area contributed by atoms with E-state index in [0.717, 1.165) is 26.4 Å². The molecule has 0 aliphatic heterocycles. The highest BCUT2D eigenvalue weighted by atomic mass is 32.2. The third-order valence-electron chi connectivity index (χ3n) is 3.92. The number of carbonyl (C=O) groups excluding carboxylic acids is 2. The van der Waals surface area contributed by atoms with Crippen molar-refractivity contribution >= 4 is 55.9 Å². The van der Waals surface area contributed by atoms with E-state index in [1.54, 1.807) is 0 Å². The molecule has 0 aliphatic carbocycles. The van der Waals surface area contributed by atoms with Crippen molar-refractivity contribution < 1.29 is 9.59 Å². The van der Waals surface area contributed by atoms with E-state index >= 15 is 0 Å². The molecular formula is C20H21N3O2S2. The lowest BCUT2D eigenvalue weighted by Crippen LogP contribution is -2.22. The lowest BCUT2D eigenvalue weighted by molar-refractivity contribution is -0.115. The van der Waals surface area contributed by atoms with Crippen molar-refractivity contribution in [2.45, 2.75) is 37.8 Å². The number of amides is 2. The highest BCUT2D eigenvalue weighted by Gasteiger charge is 2.17. The van der Waals surface area contributed by atoms with E-state index in [9.17, 15) is 9.59 Å². The molecule has 0 bridgehead atoms. The number of nitrogens with one attached hydrogen (secondary N) is 2. The number of aromatic nitrogens is 1. The number of benzene rings is 2. The highest BCUT2D eigenvalue weighted by Crippen LogP contribution is 2.30. The summed E-state index contributed by atoms with van der Waals surface area (Å²) in [7, 11) is 0. The van der Waals surface area contributed by atoms with E-state index < -0.39 is 0 Å². The van der Waals surface area contributed by atoms with Gasteiger partial charge in [0.15, 0.2) is 5.13 Å². The Kier molecular flexibility index (Phi) is 5.82. The molecule has 0 aliphatic rings. The van der Waals surface area contributed by atoms with Gasteiger partial charge in [0.05, 0.1) is 15.5 Å². The van der Waals surface area contributed by atoms with Gasteiger partial charge in [-0.3, -0.25) is 9.59 Å². The Morgan fingerprint density at radius 1 is 1.11 bits per heavy atom. The molecular weight excluding hydrogens is 378 g/mol. The first-order valence-corrected chi connectivity index (χ1v) is 10.2. The second-order valence-electron chi connectivity index (χ2n) is 6.40. The van der Waals surface area contributed by atoms with E-state index in [1.807, 2.05) is 38.1 Å². The molecule has 2 aromatic carbocycles. The summed E-state index contributed by atoms with van der Waals surface area (Å²) in [6.45, 7) is 7.43. The van der Waals surface area contributed by atoms with Gasteiger partial charge in [-0.1, -0.05) is 17.4 Å². The fourth-order valence-corrected chi connectivity index (χ4v) is 4.62. The largest absolute Gasteiger partial charge is 0.326 e. The predicted molar refractivity (Wildman–Crippen MR) is 114 cm³/mol. The number of carbonyl (C=O) groups is 2. The Hall–Kier alpha value is -2.38. The van der Waals surface area contributed by atoms with Crippen LogP contribution in [0.5, 0.6) is 0 Å². The maximum absolute atomic E-state index is 12.5. The maximum Gasteiger partial charge on any atom is 0.239 e.